The predicted molar refractivity (Wildman–Crippen MR) is 156 cm³/mol. The van der Waals surface area contributed by atoms with Crippen LogP contribution in [0.5, 0.6) is 0 Å². The summed E-state index contributed by atoms with van der Waals surface area (Å²) in [5, 5.41) is 0.722. The molecule has 2 saturated carbocycles. The highest BCUT2D eigenvalue weighted by atomic mass is 33.1. The minimum absolute atomic E-state index is 0.0383. The molecule has 39 heavy (non-hydrogen) atoms. The Balaban J connectivity index is 1.21. The molecule has 2 aliphatic carbocycles. The lowest BCUT2D eigenvalue weighted by Gasteiger charge is -2.63. The van der Waals surface area contributed by atoms with Gasteiger partial charge in [0.25, 0.3) is 0 Å². The summed E-state index contributed by atoms with van der Waals surface area (Å²) in [6.07, 6.45) is 11.1. The number of rotatable bonds is 8. The first-order valence-electron chi connectivity index (χ1n) is 14.9. The van der Waals surface area contributed by atoms with Crippen molar-refractivity contribution < 1.29 is 28.5 Å². The average molecular weight is 579 g/mol. The van der Waals surface area contributed by atoms with Gasteiger partial charge in [0.1, 0.15) is 6.61 Å². The highest BCUT2D eigenvalue weighted by molar-refractivity contribution is 8.77. The summed E-state index contributed by atoms with van der Waals surface area (Å²) in [6, 6.07) is 0. The van der Waals surface area contributed by atoms with Crippen molar-refractivity contribution in [2.45, 2.75) is 115 Å². The first-order valence-corrected chi connectivity index (χ1v) is 17.2. The van der Waals surface area contributed by atoms with Crippen molar-refractivity contribution in [1.82, 2.24) is 0 Å². The Morgan fingerprint density at radius 2 is 1.97 bits per heavy atom. The molecule has 3 aliphatic heterocycles. The van der Waals surface area contributed by atoms with Gasteiger partial charge in [-0.05, 0) is 82.5 Å². The monoisotopic (exact) mass is 578 g/mol. The predicted octanol–water partition coefficient (Wildman–Crippen LogP) is 7.03. The summed E-state index contributed by atoms with van der Waals surface area (Å²) >= 11 is 0. The van der Waals surface area contributed by atoms with E-state index in [9.17, 15) is 9.59 Å². The van der Waals surface area contributed by atoms with Gasteiger partial charge in [-0.1, -0.05) is 60.1 Å². The van der Waals surface area contributed by atoms with Crippen LogP contribution in [0.3, 0.4) is 0 Å². The molecule has 5 aliphatic rings. The molecule has 0 amide bonds. The van der Waals surface area contributed by atoms with Gasteiger partial charge in [0.2, 0.25) is 0 Å². The smallest absolute Gasteiger partial charge is 0.337 e. The lowest BCUT2D eigenvalue weighted by molar-refractivity contribution is -0.344. The fraction of sp³-hybridized carbons (Fsp3) is 0.806. The Morgan fingerprint density at radius 3 is 2.74 bits per heavy atom. The number of hydrogen-bond donors (Lipinski definition) is 0. The molecule has 8 heteroatoms. The number of carbonyl (C=O) groups is 2. The molecule has 6 nitrogen and oxygen atoms in total. The van der Waals surface area contributed by atoms with E-state index in [2.05, 4.69) is 20.4 Å². The first kappa shape index (κ1) is 29.5. The third-order valence-corrected chi connectivity index (χ3v) is 13.2. The van der Waals surface area contributed by atoms with Gasteiger partial charge in [0.05, 0.1) is 18.3 Å². The molecular weight excluding hydrogens is 532 g/mol. The van der Waals surface area contributed by atoms with E-state index < -0.39 is 11.9 Å². The molecule has 0 N–H and O–H groups in total. The third-order valence-electron chi connectivity index (χ3n) is 10.2. The van der Waals surface area contributed by atoms with Crippen molar-refractivity contribution in [3.8, 4) is 0 Å². The van der Waals surface area contributed by atoms with E-state index in [-0.39, 0.29) is 41.4 Å². The summed E-state index contributed by atoms with van der Waals surface area (Å²) in [5.41, 5.74) is 1.74. The van der Waals surface area contributed by atoms with Crippen LogP contribution < -0.4 is 0 Å². The van der Waals surface area contributed by atoms with E-state index in [4.69, 9.17) is 18.9 Å². The van der Waals surface area contributed by atoms with E-state index in [1.54, 1.807) is 0 Å². The van der Waals surface area contributed by atoms with Crippen LogP contribution in [0.15, 0.2) is 23.8 Å². The lowest BCUT2D eigenvalue weighted by Crippen LogP contribution is -2.62. The summed E-state index contributed by atoms with van der Waals surface area (Å²) in [7, 11) is 3.93. The molecule has 0 bridgehead atoms. The fourth-order valence-electron chi connectivity index (χ4n) is 7.94. The zero-order chi connectivity index (χ0) is 27.8. The number of hydrogen-bond acceptors (Lipinski definition) is 8. The molecule has 2 unspecified atom stereocenters. The fourth-order valence-corrected chi connectivity index (χ4v) is 11.0. The maximum atomic E-state index is 12.6. The second-order valence-electron chi connectivity index (χ2n) is 13.2. The number of cyclic esters (lactones) is 1. The normalized spacial score (nSPS) is 40.7. The Hall–Kier alpha value is -0.960. The highest BCUT2D eigenvalue weighted by Gasteiger charge is 2.60. The molecule has 218 valence electrons. The Morgan fingerprint density at radius 1 is 1.15 bits per heavy atom. The van der Waals surface area contributed by atoms with Gasteiger partial charge in [0, 0.05) is 22.8 Å². The Bertz CT molecular complexity index is 988. The third kappa shape index (κ3) is 6.14. The van der Waals surface area contributed by atoms with Gasteiger partial charge >= 0.3 is 11.9 Å². The number of unbranched alkanes of at least 4 members (excludes halogenated alkanes) is 1. The van der Waals surface area contributed by atoms with Crippen molar-refractivity contribution >= 4 is 33.5 Å². The van der Waals surface area contributed by atoms with Crippen LogP contribution >= 0.6 is 21.6 Å². The number of allylic oxidation sites excluding steroid dienone is 2. The van der Waals surface area contributed by atoms with Crippen LogP contribution in [0.1, 0.15) is 91.9 Å². The van der Waals surface area contributed by atoms with E-state index in [0.29, 0.717) is 30.9 Å². The SMILES string of the molecule is C=C1CCC2[C@]3(C)COC(C)(C)O[C@@H]3CC[C@@]2(C)[C@@H]1C/C=C1/C(=O)OC[C@H]1OC(=O)CCCCC1CCSS1. The second kappa shape index (κ2) is 11.7. The maximum absolute atomic E-state index is 12.6. The minimum Gasteiger partial charge on any atom is -0.458 e. The van der Waals surface area contributed by atoms with Gasteiger partial charge < -0.3 is 18.9 Å². The zero-order valence-electron chi connectivity index (χ0n) is 24.1. The number of esters is 2. The van der Waals surface area contributed by atoms with Crippen LogP contribution in [-0.2, 0) is 28.5 Å². The molecule has 0 radical (unpaired) electrons. The molecule has 0 aromatic rings. The van der Waals surface area contributed by atoms with E-state index >= 15 is 0 Å². The summed E-state index contributed by atoms with van der Waals surface area (Å²) in [4.78, 5) is 25.2. The van der Waals surface area contributed by atoms with Gasteiger partial charge in [-0.15, -0.1) is 0 Å². The van der Waals surface area contributed by atoms with Crippen molar-refractivity contribution in [1.29, 1.82) is 0 Å². The average Bonchev–Trinajstić information content (AvgIpc) is 3.52. The standard InChI is InChI=1S/C31H46O6S2/c1-20-10-13-25-30(4,16-14-26-31(25,5)19-35-29(2,3)37-26)23(20)12-11-22-24(18-34-28(22)33)36-27(32)9-7-6-8-21-15-17-38-39-21/h11,21,23-26H,1,6-10,12-19H2,2-5H3/b22-11+/t21?,23-,24-,25?,26-,30+,31+/m1/s1. The van der Waals surface area contributed by atoms with Crippen molar-refractivity contribution in [2.75, 3.05) is 19.0 Å². The molecule has 5 fully saturated rings. The molecule has 0 aromatic carbocycles. The number of carbonyl (C=O) groups excluding carboxylic acids is 2. The molecule has 3 saturated heterocycles. The van der Waals surface area contributed by atoms with Crippen LogP contribution in [0, 0.1) is 22.7 Å². The second-order valence-corrected chi connectivity index (χ2v) is 16.0. The minimum atomic E-state index is -0.608. The molecule has 7 atom stereocenters. The number of ether oxygens (including phenoxy) is 4. The molecule has 0 aromatic heterocycles. The molecular formula is C31H46O6S2. The summed E-state index contributed by atoms with van der Waals surface area (Å²) in [6.45, 7) is 14.1. The van der Waals surface area contributed by atoms with Crippen LogP contribution in [0.2, 0.25) is 0 Å². The molecule has 0 spiro atoms. The van der Waals surface area contributed by atoms with Crippen LogP contribution in [0.25, 0.3) is 0 Å². The maximum Gasteiger partial charge on any atom is 0.337 e. The molecule has 3 heterocycles. The van der Waals surface area contributed by atoms with E-state index in [1.807, 2.05) is 41.5 Å². The largest absolute Gasteiger partial charge is 0.458 e. The van der Waals surface area contributed by atoms with Gasteiger partial charge in [-0.3, -0.25) is 4.79 Å². The molecule has 5 rings (SSSR count). The van der Waals surface area contributed by atoms with Gasteiger partial charge in [0.15, 0.2) is 11.9 Å². The summed E-state index contributed by atoms with van der Waals surface area (Å²) in [5.74, 6) is 0.782. The highest BCUT2D eigenvalue weighted by Crippen LogP contribution is 2.63. The summed E-state index contributed by atoms with van der Waals surface area (Å²) < 4.78 is 23.7. The van der Waals surface area contributed by atoms with E-state index in [0.717, 1.165) is 50.2 Å². The zero-order valence-corrected chi connectivity index (χ0v) is 25.8. The number of fused-ring (bicyclic) bond motifs is 3. The van der Waals surface area contributed by atoms with Crippen molar-refractivity contribution in [3.63, 3.8) is 0 Å². The van der Waals surface area contributed by atoms with Crippen LogP contribution in [0.4, 0.5) is 0 Å². The Kier molecular flexibility index (Phi) is 8.88. The Labute approximate surface area is 242 Å². The van der Waals surface area contributed by atoms with E-state index in [1.165, 1.54) is 17.7 Å². The van der Waals surface area contributed by atoms with Gasteiger partial charge in [-0.25, -0.2) is 4.79 Å². The van der Waals surface area contributed by atoms with Gasteiger partial charge in [-0.2, -0.15) is 0 Å². The van der Waals surface area contributed by atoms with Crippen molar-refractivity contribution in [3.05, 3.63) is 23.8 Å². The quantitative estimate of drug-likeness (QED) is 0.1000. The van der Waals surface area contributed by atoms with Crippen LogP contribution in [-0.4, -0.2) is 54.2 Å². The topological polar surface area (TPSA) is 71.1 Å². The van der Waals surface area contributed by atoms with Crippen molar-refractivity contribution in [2.24, 2.45) is 22.7 Å². The lowest BCUT2D eigenvalue weighted by atomic mass is 9.46. The first-order chi connectivity index (χ1) is 18.5.